The number of ether oxygens (including phenoxy) is 1. The standard InChI is InChI=1S/C39H32Cl2F5N3O6/c1-55-24-9-5-8-23(50)26(24)27-20-10-11-21-25(35(52)48(34(21)51)19-12-14-47(15-13-19)17-18-6-3-2-4-7-18)22(20)16-38(40)36(53)49(37(54)39(27,38)41)33-31(45)29(43)28(42)30(44)32(33)46/h2-10,19,21-22,25,27,50H,11-17H2,1H3/t21-,22+,25-,27+,38+,39-/m0/s1. The van der Waals surface area contributed by atoms with Gasteiger partial charge in [-0.2, -0.15) is 0 Å². The summed E-state index contributed by atoms with van der Waals surface area (Å²) in [5.41, 5.74) is -0.723. The van der Waals surface area contributed by atoms with Crippen molar-refractivity contribution in [1.82, 2.24) is 9.80 Å². The number of halogens is 7. The van der Waals surface area contributed by atoms with Crippen LogP contribution in [-0.2, 0) is 25.7 Å². The molecule has 288 valence electrons. The largest absolute Gasteiger partial charge is 0.508 e. The van der Waals surface area contributed by atoms with E-state index in [4.69, 9.17) is 27.9 Å². The van der Waals surface area contributed by atoms with E-state index < -0.39 is 110 Å². The second-order valence-corrected chi connectivity index (χ2v) is 15.9. The number of rotatable bonds is 6. The molecule has 3 saturated heterocycles. The molecule has 0 aromatic heterocycles. The van der Waals surface area contributed by atoms with E-state index in [0.717, 1.165) is 5.56 Å². The van der Waals surface area contributed by atoms with Gasteiger partial charge in [0, 0.05) is 37.2 Å². The number of phenols is 1. The molecule has 0 unspecified atom stereocenters. The SMILES string of the molecule is COc1cccc(O)c1[C@H]1C2=CC[C@@H]3C(=O)N(C4CCN(Cc5ccccc5)CC4)C(=O)[C@@H]3[C@@H]2C[C@@]2(Cl)C(=O)N(c3c(F)c(F)c(F)c(F)c3F)C(=O)[C@@]12Cl. The molecule has 3 heterocycles. The number of likely N-dealkylation sites (tertiary alicyclic amines) is 2. The Morgan fingerprint density at radius 3 is 2.09 bits per heavy atom. The van der Waals surface area contributed by atoms with Gasteiger partial charge in [0.25, 0.3) is 11.8 Å². The maximum absolute atomic E-state index is 15.3. The number of piperidine rings is 1. The van der Waals surface area contributed by atoms with Gasteiger partial charge in [0.15, 0.2) is 33.0 Å². The highest BCUT2D eigenvalue weighted by molar-refractivity contribution is 6.58. The van der Waals surface area contributed by atoms with Crippen molar-refractivity contribution >= 4 is 52.5 Å². The van der Waals surface area contributed by atoms with E-state index >= 15 is 8.78 Å². The van der Waals surface area contributed by atoms with Crippen molar-refractivity contribution in [2.45, 2.75) is 53.9 Å². The first-order valence-corrected chi connectivity index (χ1v) is 18.4. The van der Waals surface area contributed by atoms with Crippen LogP contribution in [0.3, 0.4) is 0 Å². The molecule has 3 aromatic carbocycles. The summed E-state index contributed by atoms with van der Waals surface area (Å²) in [6.45, 7) is 1.91. The lowest BCUT2D eigenvalue weighted by molar-refractivity contribution is -0.144. The summed E-state index contributed by atoms with van der Waals surface area (Å²) in [4.78, 5) is 55.4. The molecule has 1 N–H and O–H groups in total. The molecule has 3 aliphatic heterocycles. The Balaban J connectivity index is 1.21. The van der Waals surface area contributed by atoms with Crippen LogP contribution in [0.4, 0.5) is 27.6 Å². The summed E-state index contributed by atoms with van der Waals surface area (Å²) in [7, 11) is 1.24. The van der Waals surface area contributed by atoms with Crippen LogP contribution in [0, 0.1) is 46.8 Å². The molecule has 16 heteroatoms. The number of anilines is 1. The number of hydrogen-bond donors (Lipinski definition) is 1. The molecular formula is C39H32Cl2F5N3O6. The van der Waals surface area contributed by atoms with Gasteiger partial charge in [0.05, 0.1) is 18.9 Å². The highest BCUT2D eigenvalue weighted by Gasteiger charge is 2.77. The first kappa shape index (κ1) is 37.4. The van der Waals surface area contributed by atoms with Crippen molar-refractivity contribution in [1.29, 1.82) is 0 Å². The third-order valence-corrected chi connectivity index (χ3v) is 13.4. The zero-order valence-corrected chi connectivity index (χ0v) is 30.5. The number of phenolic OH excluding ortho intramolecular Hbond substituents is 1. The minimum Gasteiger partial charge on any atom is -0.508 e. The monoisotopic (exact) mass is 803 g/mol. The van der Waals surface area contributed by atoms with E-state index in [2.05, 4.69) is 4.90 Å². The minimum atomic E-state index is -2.79. The predicted octanol–water partition coefficient (Wildman–Crippen LogP) is 6.32. The summed E-state index contributed by atoms with van der Waals surface area (Å²) >= 11 is 14.4. The highest BCUT2D eigenvalue weighted by atomic mass is 35.5. The topological polar surface area (TPSA) is 107 Å². The number of fused-ring (bicyclic) bond motifs is 4. The summed E-state index contributed by atoms with van der Waals surface area (Å²) in [5, 5.41) is 11.3. The van der Waals surface area contributed by atoms with E-state index in [1.54, 1.807) is 6.08 Å². The van der Waals surface area contributed by atoms with Crippen molar-refractivity contribution in [3.8, 4) is 11.5 Å². The van der Waals surface area contributed by atoms with Gasteiger partial charge in [-0.25, -0.2) is 26.9 Å². The maximum Gasteiger partial charge on any atom is 0.258 e. The number of allylic oxidation sites excluding steroid dienone is 2. The maximum atomic E-state index is 15.3. The van der Waals surface area contributed by atoms with E-state index in [9.17, 15) is 37.5 Å². The average Bonchev–Trinajstić information content (AvgIpc) is 3.52. The van der Waals surface area contributed by atoms with Gasteiger partial charge < -0.3 is 9.84 Å². The van der Waals surface area contributed by atoms with Gasteiger partial charge in [-0.1, -0.05) is 48.0 Å². The van der Waals surface area contributed by atoms with Gasteiger partial charge in [0.2, 0.25) is 17.6 Å². The number of imide groups is 2. The lowest BCUT2D eigenvalue weighted by Gasteiger charge is -2.51. The lowest BCUT2D eigenvalue weighted by Crippen LogP contribution is -2.60. The molecule has 9 nitrogen and oxygen atoms in total. The summed E-state index contributed by atoms with van der Waals surface area (Å²) < 4.78 is 79.4. The van der Waals surface area contributed by atoms with Crippen LogP contribution < -0.4 is 9.64 Å². The Hall–Kier alpha value is -4.53. The van der Waals surface area contributed by atoms with Crippen molar-refractivity contribution in [2.24, 2.45) is 17.8 Å². The molecule has 6 atom stereocenters. The van der Waals surface area contributed by atoms with Crippen molar-refractivity contribution in [2.75, 3.05) is 25.1 Å². The van der Waals surface area contributed by atoms with Crippen LogP contribution in [0.2, 0.25) is 0 Å². The van der Waals surface area contributed by atoms with E-state index in [-0.39, 0.29) is 28.2 Å². The number of amides is 4. The number of methoxy groups -OCH3 is 1. The fourth-order valence-electron chi connectivity index (χ4n) is 9.45. The molecule has 8 rings (SSSR count). The zero-order chi connectivity index (χ0) is 39.3. The Kier molecular flexibility index (Phi) is 9.05. The Morgan fingerprint density at radius 2 is 1.45 bits per heavy atom. The zero-order valence-electron chi connectivity index (χ0n) is 29.0. The molecule has 4 fully saturated rings. The van der Waals surface area contributed by atoms with Gasteiger partial charge in [-0.15, -0.1) is 23.2 Å². The fourth-order valence-corrected chi connectivity index (χ4v) is 10.4. The van der Waals surface area contributed by atoms with Crippen LogP contribution in [0.5, 0.6) is 11.5 Å². The number of carbonyl (C=O) groups is 4. The van der Waals surface area contributed by atoms with Gasteiger partial charge in [0.1, 0.15) is 17.2 Å². The van der Waals surface area contributed by atoms with Gasteiger partial charge in [-0.3, -0.25) is 29.0 Å². The quantitative estimate of drug-likeness (QED) is 0.0777. The van der Waals surface area contributed by atoms with Crippen molar-refractivity contribution in [3.63, 3.8) is 0 Å². The van der Waals surface area contributed by atoms with Gasteiger partial charge >= 0.3 is 0 Å². The average molecular weight is 805 g/mol. The van der Waals surface area contributed by atoms with Crippen LogP contribution in [0.1, 0.15) is 42.7 Å². The molecule has 0 radical (unpaired) electrons. The van der Waals surface area contributed by atoms with E-state index in [1.807, 2.05) is 30.3 Å². The minimum absolute atomic E-state index is 0.0113. The third-order valence-electron chi connectivity index (χ3n) is 12.0. The van der Waals surface area contributed by atoms with Crippen LogP contribution in [0.15, 0.2) is 60.2 Å². The summed E-state index contributed by atoms with van der Waals surface area (Å²) in [6.07, 6.45) is 1.93. The number of alkyl halides is 2. The number of nitrogens with zero attached hydrogens (tertiary/aromatic N) is 3. The first-order chi connectivity index (χ1) is 26.2. The van der Waals surface area contributed by atoms with Crippen molar-refractivity contribution in [3.05, 3.63) is 100 Å². The smallest absolute Gasteiger partial charge is 0.258 e. The molecule has 0 spiro atoms. The second kappa shape index (κ2) is 13.3. The summed E-state index contributed by atoms with van der Waals surface area (Å²) in [5.74, 6) is -21.9. The number of carbonyl (C=O) groups excluding carboxylic acids is 4. The van der Waals surface area contributed by atoms with E-state index in [1.165, 1.54) is 30.2 Å². The van der Waals surface area contributed by atoms with Gasteiger partial charge in [-0.05, 0) is 49.3 Å². The molecule has 3 aromatic rings. The Bertz CT molecular complexity index is 2170. The number of hydrogen-bond acceptors (Lipinski definition) is 7. The highest BCUT2D eigenvalue weighted by Crippen LogP contribution is 2.67. The molecule has 4 amide bonds. The van der Waals surface area contributed by atoms with Crippen molar-refractivity contribution < 1.29 is 51.0 Å². The first-order valence-electron chi connectivity index (χ1n) is 17.6. The summed E-state index contributed by atoms with van der Waals surface area (Å²) in [6, 6.07) is 13.5. The van der Waals surface area contributed by atoms with Crippen LogP contribution in [0.25, 0.3) is 0 Å². The Labute approximate surface area is 321 Å². The number of benzene rings is 3. The third kappa shape index (κ3) is 5.20. The van der Waals surface area contributed by atoms with E-state index in [0.29, 0.717) is 32.5 Å². The fraction of sp³-hybridized carbons (Fsp3) is 0.385. The predicted molar refractivity (Wildman–Crippen MR) is 188 cm³/mol. The molecule has 0 bridgehead atoms. The molecule has 2 aliphatic carbocycles. The number of aromatic hydroxyl groups is 1. The Morgan fingerprint density at radius 1 is 0.818 bits per heavy atom. The molecule has 5 aliphatic rings. The van der Waals surface area contributed by atoms with Crippen LogP contribution >= 0.6 is 23.2 Å². The second-order valence-electron chi connectivity index (χ2n) is 14.6. The van der Waals surface area contributed by atoms with Crippen LogP contribution in [-0.4, -0.2) is 74.5 Å². The normalized spacial score (nSPS) is 29.7. The molecule has 1 saturated carbocycles. The lowest BCUT2D eigenvalue weighted by atomic mass is 9.56. The molecule has 55 heavy (non-hydrogen) atoms. The molecular weight excluding hydrogens is 772 g/mol.